The van der Waals surface area contributed by atoms with E-state index in [2.05, 4.69) is 10.3 Å². The van der Waals surface area contributed by atoms with Gasteiger partial charge in [0.1, 0.15) is 10.8 Å². The van der Waals surface area contributed by atoms with E-state index in [4.69, 9.17) is 4.74 Å². The van der Waals surface area contributed by atoms with Crippen molar-refractivity contribution in [2.75, 3.05) is 39.0 Å². The Kier molecular flexibility index (Phi) is 11.6. The van der Waals surface area contributed by atoms with Crippen LogP contribution in [0.25, 0.3) is 0 Å². The molecule has 1 atom stereocenters. The maximum Gasteiger partial charge on any atom is 0.193 e. The Hall–Kier alpha value is -1.44. The number of nitrogens with one attached hydrogen (secondary N) is 1. The lowest BCUT2D eigenvalue weighted by atomic mass is 10.3. The van der Waals surface area contributed by atoms with Crippen LogP contribution in [0.5, 0.6) is 5.75 Å². The Morgan fingerprint density at radius 2 is 2.07 bits per heavy atom. The molecule has 0 spiro atoms. The number of likely N-dealkylation sites (N-methyl/N-ethyl adjacent to an activating group) is 1. The van der Waals surface area contributed by atoms with Gasteiger partial charge in [0.05, 0.1) is 24.9 Å². The molecule has 30 heavy (non-hydrogen) atoms. The minimum absolute atomic E-state index is 0. The van der Waals surface area contributed by atoms with Crippen molar-refractivity contribution in [2.24, 2.45) is 4.99 Å². The summed E-state index contributed by atoms with van der Waals surface area (Å²) in [5.41, 5.74) is 0. The molecule has 0 fully saturated rings. The highest BCUT2D eigenvalue weighted by molar-refractivity contribution is 14.0. The molecule has 2 N–H and O–H groups in total. The number of benzene rings is 1. The van der Waals surface area contributed by atoms with Crippen LogP contribution in [-0.4, -0.2) is 69.5 Å². The van der Waals surface area contributed by atoms with Gasteiger partial charge >= 0.3 is 0 Å². The van der Waals surface area contributed by atoms with Crippen LogP contribution in [-0.2, 0) is 9.84 Å². The lowest BCUT2D eigenvalue weighted by Gasteiger charge is -2.22. The Bertz CT molecular complexity index is 895. The number of rotatable bonds is 10. The molecule has 1 aromatic heterocycles. The fourth-order valence-electron chi connectivity index (χ4n) is 2.45. The van der Waals surface area contributed by atoms with Crippen molar-refractivity contribution >= 4 is 51.1 Å². The summed E-state index contributed by atoms with van der Waals surface area (Å²) in [7, 11) is -1.76. The quantitative estimate of drug-likeness (QED) is 0.259. The minimum Gasteiger partial charge on any atom is -0.489 e. The van der Waals surface area contributed by atoms with Gasteiger partial charge in [0, 0.05) is 13.6 Å². The van der Waals surface area contributed by atoms with E-state index < -0.39 is 27.5 Å². The average Bonchev–Trinajstić information content (AvgIpc) is 3.22. The first-order chi connectivity index (χ1) is 13.8. The Morgan fingerprint density at radius 1 is 1.33 bits per heavy atom. The number of ether oxygens (including phenoxy) is 1. The summed E-state index contributed by atoms with van der Waals surface area (Å²) < 4.78 is 43.7. The van der Waals surface area contributed by atoms with Crippen molar-refractivity contribution in [1.29, 1.82) is 0 Å². The third-order valence-electron chi connectivity index (χ3n) is 3.88. The SMILES string of the molecule is CCNC(=NCC(O)CS(=O)(=O)c1cccs1)N(C)CCOc1ccccc1F.I. The number of hydrogen-bond donors (Lipinski definition) is 2. The van der Waals surface area contributed by atoms with Crippen LogP contribution in [0.2, 0.25) is 0 Å². The molecular formula is C19H27FIN3O4S2. The molecule has 2 rings (SSSR count). The third kappa shape index (κ3) is 8.36. The van der Waals surface area contributed by atoms with Crippen LogP contribution in [0, 0.1) is 5.82 Å². The topological polar surface area (TPSA) is 91.2 Å². The van der Waals surface area contributed by atoms with Gasteiger partial charge in [0.25, 0.3) is 0 Å². The van der Waals surface area contributed by atoms with Gasteiger partial charge in [-0.15, -0.1) is 35.3 Å². The zero-order valence-electron chi connectivity index (χ0n) is 16.8. The van der Waals surface area contributed by atoms with Crippen molar-refractivity contribution in [1.82, 2.24) is 10.2 Å². The van der Waals surface area contributed by atoms with Crippen LogP contribution >= 0.6 is 35.3 Å². The summed E-state index contributed by atoms with van der Waals surface area (Å²) in [6.07, 6.45) is -1.13. The van der Waals surface area contributed by atoms with Crippen LogP contribution in [0.4, 0.5) is 4.39 Å². The van der Waals surface area contributed by atoms with Gasteiger partial charge in [-0.05, 0) is 30.5 Å². The van der Waals surface area contributed by atoms with E-state index in [1.807, 2.05) is 6.92 Å². The molecule has 0 amide bonds. The number of aliphatic hydroxyl groups is 1. The molecule has 0 aliphatic carbocycles. The number of aliphatic hydroxyl groups excluding tert-OH is 1. The Balaban J connectivity index is 0.00000450. The first-order valence-corrected chi connectivity index (χ1v) is 11.7. The molecule has 11 heteroatoms. The van der Waals surface area contributed by atoms with Crippen molar-refractivity contribution in [2.45, 2.75) is 17.2 Å². The van der Waals surface area contributed by atoms with E-state index in [0.717, 1.165) is 11.3 Å². The van der Waals surface area contributed by atoms with Gasteiger partial charge in [-0.1, -0.05) is 18.2 Å². The summed E-state index contributed by atoms with van der Waals surface area (Å²) in [6.45, 7) is 3.09. The first-order valence-electron chi connectivity index (χ1n) is 9.14. The standard InChI is InChI=1S/C19H26FN3O4S2.HI/c1-3-21-19(23(2)10-11-27-17-8-5-4-7-16(17)20)22-13-15(24)14-29(25,26)18-9-6-12-28-18;/h4-9,12,15,24H,3,10-11,13-14H2,1-2H3,(H,21,22);1H. The fraction of sp³-hybridized carbons (Fsp3) is 0.421. The molecule has 0 saturated heterocycles. The number of para-hydroxylation sites is 1. The highest BCUT2D eigenvalue weighted by Crippen LogP contribution is 2.18. The first kappa shape index (κ1) is 26.6. The van der Waals surface area contributed by atoms with Crippen molar-refractivity contribution in [3.8, 4) is 5.75 Å². The monoisotopic (exact) mass is 571 g/mol. The van der Waals surface area contributed by atoms with E-state index in [1.165, 1.54) is 12.1 Å². The second-order valence-electron chi connectivity index (χ2n) is 6.26. The highest BCUT2D eigenvalue weighted by Gasteiger charge is 2.21. The maximum absolute atomic E-state index is 13.6. The molecule has 0 bridgehead atoms. The Morgan fingerprint density at radius 3 is 2.70 bits per heavy atom. The van der Waals surface area contributed by atoms with E-state index in [0.29, 0.717) is 19.0 Å². The fourth-order valence-corrected chi connectivity index (χ4v) is 4.92. The molecule has 0 aliphatic heterocycles. The Labute approximate surface area is 197 Å². The van der Waals surface area contributed by atoms with Gasteiger partial charge < -0.3 is 20.1 Å². The molecule has 168 valence electrons. The zero-order chi connectivity index (χ0) is 21.3. The molecule has 1 unspecified atom stereocenters. The molecule has 0 saturated carbocycles. The largest absolute Gasteiger partial charge is 0.489 e. The summed E-state index contributed by atoms with van der Waals surface area (Å²) in [4.78, 5) is 6.08. The second-order valence-corrected chi connectivity index (χ2v) is 9.47. The van der Waals surface area contributed by atoms with Crippen molar-refractivity contribution in [3.63, 3.8) is 0 Å². The maximum atomic E-state index is 13.6. The smallest absolute Gasteiger partial charge is 0.193 e. The van der Waals surface area contributed by atoms with E-state index in [9.17, 15) is 17.9 Å². The number of nitrogens with zero attached hydrogens (tertiary/aromatic N) is 2. The summed E-state index contributed by atoms with van der Waals surface area (Å²) >= 11 is 1.12. The molecule has 1 aromatic carbocycles. The summed E-state index contributed by atoms with van der Waals surface area (Å²) in [6, 6.07) is 9.34. The van der Waals surface area contributed by atoms with E-state index in [-0.39, 0.29) is 47.1 Å². The van der Waals surface area contributed by atoms with Crippen molar-refractivity contribution < 1.29 is 22.7 Å². The van der Waals surface area contributed by atoms with Crippen LogP contribution in [0.3, 0.4) is 0 Å². The lowest BCUT2D eigenvalue weighted by molar-refractivity contribution is 0.205. The molecule has 7 nitrogen and oxygen atoms in total. The number of guanidine groups is 1. The third-order valence-corrected chi connectivity index (χ3v) is 7.17. The van der Waals surface area contributed by atoms with Gasteiger partial charge in [0.2, 0.25) is 0 Å². The average molecular weight is 571 g/mol. The summed E-state index contributed by atoms with van der Waals surface area (Å²) in [5.74, 6) is -0.142. The normalized spacial score (nSPS) is 12.7. The van der Waals surface area contributed by atoms with Gasteiger partial charge in [-0.3, -0.25) is 4.99 Å². The molecule has 0 radical (unpaired) electrons. The van der Waals surface area contributed by atoms with Crippen LogP contribution < -0.4 is 10.1 Å². The number of aliphatic imine (C=N–C) groups is 1. The molecule has 1 heterocycles. The van der Waals surface area contributed by atoms with E-state index in [1.54, 1.807) is 41.6 Å². The molecule has 2 aromatic rings. The number of hydrogen-bond acceptors (Lipinski definition) is 6. The summed E-state index contributed by atoms with van der Waals surface area (Å²) in [5, 5.41) is 14.9. The number of thiophene rings is 1. The zero-order valence-corrected chi connectivity index (χ0v) is 20.8. The minimum atomic E-state index is -3.54. The highest BCUT2D eigenvalue weighted by atomic mass is 127. The van der Waals surface area contributed by atoms with Crippen LogP contribution in [0.15, 0.2) is 51.0 Å². The number of halogens is 2. The molecular weight excluding hydrogens is 544 g/mol. The van der Waals surface area contributed by atoms with Crippen molar-refractivity contribution in [3.05, 3.63) is 47.6 Å². The predicted octanol–water partition coefficient (Wildman–Crippen LogP) is 2.62. The van der Waals surface area contributed by atoms with Gasteiger partial charge in [-0.25, -0.2) is 12.8 Å². The molecule has 0 aliphatic rings. The van der Waals surface area contributed by atoms with Gasteiger partial charge in [0.15, 0.2) is 27.4 Å². The van der Waals surface area contributed by atoms with E-state index >= 15 is 0 Å². The second kappa shape index (κ2) is 13.1. The lowest BCUT2D eigenvalue weighted by Crippen LogP contribution is -2.41. The van der Waals surface area contributed by atoms with Crippen LogP contribution in [0.1, 0.15) is 6.92 Å². The predicted molar refractivity (Wildman–Crippen MR) is 128 cm³/mol. The number of sulfone groups is 1. The van der Waals surface area contributed by atoms with Gasteiger partial charge in [-0.2, -0.15) is 0 Å².